The molecule has 0 aliphatic rings. The highest BCUT2D eigenvalue weighted by Gasteiger charge is 2.30. The molecule has 0 aliphatic heterocycles. The van der Waals surface area contributed by atoms with Crippen molar-refractivity contribution in [1.29, 1.82) is 0 Å². The normalized spacial score (nSPS) is 13.7. The number of aliphatic hydroxyl groups is 2. The molecular weight excluding hydrogens is 332 g/mol. The van der Waals surface area contributed by atoms with Crippen molar-refractivity contribution >= 4 is 11.8 Å². The van der Waals surface area contributed by atoms with Crippen LogP contribution in [0.2, 0.25) is 0 Å². The lowest BCUT2D eigenvalue weighted by molar-refractivity contribution is -0.386. The number of aliphatic hydroxyl groups excluding tert-OH is 2. The monoisotopic (exact) mass is 356 g/mol. The summed E-state index contributed by atoms with van der Waals surface area (Å²) < 4.78 is 10.1. The van der Waals surface area contributed by atoms with E-state index in [2.05, 4.69) is 5.32 Å². The molecule has 1 aromatic carbocycles. The smallest absolute Gasteiger partial charge is 0.407 e. The Hall–Kier alpha value is -2.39. The van der Waals surface area contributed by atoms with Gasteiger partial charge in [-0.15, -0.1) is 0 Å². The number of carbonyl (C=O) groups excluding carboxylic acids is 1. The minimum absolute atomic E-state index is 0.0239. The molecular formula is C16H24N2O7. The molecule has 0 fully saturated rings. The number of hydrogen-bond acceptors (Lipinski definition) is 7. The summed E-state index contributed by atoms with van der Waals surface area (Å²) in [5, 5.41) is 34.0. The first-order chi connectivity index (χ1) is 11.6. The quantitative estimate of drug-likeness (QED) is 0.502. The summed E-state index contributed by atoms with van der Waals surface area (Å²) in [6, 6.07) is 4.09. The molecule has 0 aliphatic carbocycles. The molecule has 3 N–H and O–H groups in total. The Bertz CT molecular complexity index is 613. The molecule has 0 saturated heterocycles. The number of benzene rings is 1. The molecule has 1 amide bonds. The Morgan fingerprint density at radius 1 is 1.36 bits per heavy atom. The van der Waals surface area contributed by atoms with E-state index >= 15 is 0 Å². The average Bonchev–Trinajstić information content (AvgIpc) is 2.51. The molecule has 0 aromatic heterocycles. The number of nitro benzene ring substituents is 1. The predicted octanol–water partition coefficient (Wildman–Crippen LogP) is 1.91. The summed E-state index contributed by atoms with van der Waals surface area (Å²) in [6.45, 7) is 5.17. The maximum atomic E-state index is 11.5. The van der Waals surface area contributed by atoms with Gasteiger partial charge in [-0.05, 0) is 33.3 Å². The Morgan fingerprint density at radius 3 is 2.52 bits per heavy atom. The van der Waals surface area contributed by atoms with Gasteiger partial charge in [-0.1, -0.05) is 6.07 Å². The fourth-order valence-corrected chi connectivity index (χ4v) is 2.15. The van der Waals surface area contributed by atoms with E-state index in [-0.39, 0.29) is 30.0 Å². The third kappa shape index (κ3) is 6.20. The van der Waals surface area contributed by atoms with Crippen LogP contribution in [0, 0.1) is 10.1 Å². The second-order valence-electron chi connectivity index (χ2n) is 6.38. The summed E-state index contributed by atoms with van der Waals surface area (Å²) in [4.78, 5) is 22.0. The van der Waals surface area contributed by atoms with E-state index in [9.17, 15) is 25.1 Å². The van der Waals surface area contributed by atoms with Crippen LogP contribution in [0.15, 0.2) is 18.2 Å². The van der Waals surface area contributed by atoms with Gasteiger partial charge in [0.15, 0.2) is 0 Å². The van der Waals surface area contributed by atoms with Crippen LogP contribution < -0.4 is 10.1 Å². The SMILES string of the molecule is COc1cccc([N+](=O)[O-])c1C(O)C(O)CCNC(=O)OC(C)(C)C. The van der Waals surface area contributed by atoms with E-state index in [1.165, 1.54) is 25.3 Å². The van der Waals surface area contributed by atoms with Gasteiger partial charge < -0.3 is 25.0 Å². The first-order valence-electron chi connectivity index (χ1n) is 7.71. The van der Waals surface area contributed by atoms with E-state index in [4.69, 9.17) is 9.47 Å². The third-order valence-electron chi connectivity index (χ3n) is 3.23. The number of amides is 1. The molecule has 2 atom stereocenters. The minimum Gasteiger partial charge on any atom is -0.496 e. The van der Waals surface area contributed by atoms with Gasteiger partial charge >= 0.3 is 6.09 Å². The largest absolute Gasteiger partial charge is 0.496 e. The highest BCUT2D eigenvalue weighted by atomic mass is 16.6. The lowest BCUT2D eigenvalue weighted by Crippen LogP contribution is -2.34. The van der Waals surface area contributed by atoms with Crippen LogP contribution >= 0.6 is 0 Å². The maximum absolute atomic E-state index is 11.5. The van der Waals surface area contributed by atoms with Gasteiger partial charge in [0, 0.05) is 12.6 Å². The maximum Gasteiger partial charge on any atom is 0.407 e. The molecule has 1 rings (SSSR count). The van der Waals surface area contributed by atoms with Crippen molar-refractivity contribution in [2.24, 2.45) is 0 Å². The predicted molar refractivity (Wildman–Crippen MR) is 89.5 cm³/mol. The van der Waals surface area contributed by atoms with Gasteiger partial charge in [0.1, 0.15) is 23.0 Å². The van der Waals surface area contributed by atoms with E-state index in [0.717, 1.165) is 0 Å². The highest BCUT2D eigenvalue weighted by molar-refractivity contribution is 5.67. The van der Waals surface area contributed by atoms with Gasteiger partial charge in [-0.2, -0.15) is 0 Å². The topological polar surface area (TPSA) is 131 Å². The number of rotatable bonds is 7. The Kier molecular flexibility index (Phi) is 7.13. The van der Waals surface area contributed by atoms with E-state index in [1.807, 2.05) is 0 Å². The number of alkyl carbamates (subject to hydrolysis) is 1. The average molecular weight is 356 g/mol. The number of ether oxygens (including phenoxy) is 2. The van der Waals surface area contributed by atoms with E-state index < -0.39 is 28.8 Å². The van der Waals surface area contributed by atoms with Crippen LogP contribution in [-0.2, 0) is 4.74 Å². The van der Waals surface area contributed by atoms with Gasteiger partial charge in [0.05, 0.1) is 18.1 Å². The van der Waals surface area contributed by atoms with Crippen molar-refractivity contribution in [2.45, 2.75) is 45.0 Å². The minimum atomic E-state index is -1.54. The molecule has 1 aromatic rings. The van der Waals surface area contributed by atoms with Crippen LogP contribution in [-0.4, -0.2) is 46.6 Å². The summed E-state index contributed by atoms with van der Waals surface area (Å²) in [5.41, 5.74) is -1.12. The van der Waals surface area contributed by atoms with Crippen molar-refractivity contribution in [3.8, 4) is 5.75 Å². The second-order valence-corrected chi connectivity index (χ2v) is 6.38. The molecule has 9 heteroatoms. The van der Waals surface area contributed by atoms with Crippen molar-refractivity contribution in [1.82, 2.24) is 5.32 Å². The molecule has 0 radical (unpaired) electrons. The van der Waals surface area contributed by atoms with Crippen LogP contribution in [0.4, 0.5) is 10.5 Å². The number of methoxy groups -OCH3 is 1. The molecule has 140 valence electrons. The zero-order valence-electron chi connectivity index (χ0n) is 14.7. The summed E-state index contributed by atoms with van der Waals surface area (Å²) in [6.07, 6.45) is -3.57. The van der Waals surface area contributed by atoms with Crippen molar-refractivity contribution in [3.05, 3.63) is 33.9 Å². The van der Waals surface area contributed by atoms with Gasteiger partial charge in [0.2, 0.25) is 0 Å². The van der Waals surface area contributed by atoms with Gasteiger partial charge in [0.25, 0.3) is 5.69 Å². The highest BCUT2D eigenvalue weighted by Crippen LogP contribution is 2.35. The van der Waals surface area contributed by atoms with Crippen molar-refractivity contribution in [2.75, 3.05) is 13.7 Å². The molecule has 0 saturated carbocycles. The number of nitro groups is 1. The fraction of sp³-hybridized carbons (Fsp3) is 0.562. The lowest BCUT2D eigenvalue weighted by Gasteiger charge is -2.22. The number of nitrogens with one attached hydrogen (secondary N) is 1. The van der Waals surface area contributed by atoms with Crippen molar-refractivity contribution in [3.63, 3.8) is 0 Å². The molecule has 25 heavy (non-hydrogen) atoms. The van der Waals surface area contributed by atoms with Crippen LogP contribution in [0.1, 0.15) is 38.9 Å². The zero-order valence-corrected chi connectivity index (χ0v) is 14.7. The van der Waals surface area contributed by atoms with Crippen LogP contribution in [0.25, 0.3) is 0 Å². The summed E-state index contributed by atoms with van der Waals surface area (Å²) >= 11 is 0. The van der Waals surface area contributed by atoms with Crippen molar-refractivity contribution < 1.29 is 29.4 Å². The van der Waals surface area contributed by atoms with Crippen LogP contribution in [0.5, 0.6) is 5.75 Å². The van der Waals surface area contributed by atoms with E-state index in [0.29, 0.717) is 0 Å². The second kappa shape index (κ2) is 8.63. The number of hydrogen-bond donors (Lipinski definition) is 3. The first kappa shape index (κ1) is 20.7. The standard InChI is InChI=1S/C16H24N2O7/c1-16(2,3)25-15(21)17-9-8-11(19)14(20)13-10(18(22)23)6-5-7-12(13)24-4/h5-7,11,14,19-20H,8-9H2,1-4H3,(H,17,21). The molecule has 9 nitrogen and oxygen atoms in total. The van der Waals surface area contributed by atoms with Gasteiger partial charge in [-0.25, -0.2) is 4.79 Å². The lowest BCUT2D eigenvalue weighted by atomic mass is 9.99. The number of nitrogens with zero attached hydrogens (tertiary/aromatic N) is 1. The molecule has 0 bridgehead atoms. The molecule has 0 heterocycles. The fourth-order valence-electron chi connectivity index (χ4n) is 2.15. The Labute approximate surface area is 145 Å². The van der Waals surface area contributed by atoms with Gasteiger partial charge in [-0.3, -0.25) is 10.1 Å². The third-order valence-corrected chi connectivity index (χ3v) is 3.23. The van der Waals surface area contributed by atoms with E-state index in [1.54, 1.807) is 20.8 Å². The number of carbonyl (C=O) groups is 1. The Morgan fingerprint density at radius 2 is 2.00 bits per heavy atom. The first-order valence-corrected chi connectivity index (χ1v) is 7.71. The molecule has 0 spiro atoms. The molecule has 2 unspecified atom stereocenters. The summed E-state index contributed by atoms with van der Waals surface area (Å²) in [5.74, 6) is 0.0980. The van der Waals surface area contributed by atoms with Crippen LogP contribution in [0.3, 0.4) is 0 Å². The summed E-state index contributed by atoms with van der Waals surface area (Å²) in [7, 11) is 1.31. The zero-order chi connectivity index (χ0) is 19.2. The Balaban J connectivity index is 2.76.